The lowest BCUT2D eigenvalue weighted by Gasteiger charge is -2.53. The molecule has 4 saturated carbocycles. The molecule has 0 aliphatic heterocycles. The lowest BCUT2D eigenvalue weighted by molar-refractivity contribution is -0.119. The van der Waals surface area contributed by atoms with Gasteiger partial charge in [0.05, 0.1) is 7.85 Å². The lowest BCUT2D eigenvalue weighted by atomic mass is 9.53. The van der Waals surface area contributed by atoms with Crippen molar-refractivity contribution < 1.29 is 13.7 Å². The summed E-state index contributed by atoms with van der Waals surface area (Å²) in [6, 6.07) is 7.87. The molecular formula is C29H33B2N5O3. The Morgan fingerprint density at radius 2 is 1.90 bits per heavy atom. The van der Waals surface area contributed by atoms with Crippen molar-refractivity contribution in [3.8, 4) is 11.5 Å². The Balaban J connectivity index is 1.23. The highest BCUT2D eigenvalue weighted by atomic mass is 16.5. The average Bonchev–Trinajstić information content (AvgIpc) is 3.45. The zero-order valence-electron chi connectivity index (χ0n) is 22.6. The molecule has 39 heavy (non-hydrogen) atoms. The Hall–Kier alpha value is -3.16. The van der Waals surface area contributed by atoms with Gasteiger partial charge >= 0.3 is 0 Å². The van der Waals surface area contributed by atoms with Gasteiger partial charge in [0.1, 0.15) is 7.85 Å². The van der Waals surface area contributed by atoms with Crippen LogP contribution in [0.4, 0.5) is 5.69 Å². The zero-order chi connectivity index (χ0) is 27.2. The van der Waals surface area contributed by atoms with Crippen molar-refractivity contribution in [2.24, 2.45) is 5.41 Å². The van der Waals surface area contributed by atoms with E-state index in [9.17, 15) is 4.79 Å². The average molecular weight is 521 g/mol. The van der Waals surface area contributed by atoms with Crippen molar-refractivity contribution >= 4 is 27.3 Å². The first-order valence-electron chi connectivity index (χ1n) is 14.0. The fourth-order valence-electron chi connectivity index (χ4n) is 6.19. The Labute approximate surface area is 231 Å². The van der Waals surface area contributed by atoms with Gasteiger partial charge in [-0.3, -0.25) is 4.79 Å². The number of amides is 1. The van der Waals surface area contributed by atoms with Gasteiger partial charge in [-0.05, 0) is 87.2 Å². The van der Waals surface area contributed by atoms with E-state index in [0.29, 0.717) is 48.4 Å². The van der Waals surface area contributed by atoms with Crippen LogP contribution in [0.5, 0.6) is 0 Å². The number of hydrogen-bond acceptors (Lipinski definition) is 7. The molecule has 7 rings (SSSR count). The summed E-state index contributed by atoms with van der Waals surface area (Å²) in [7, 11) is 11.8. The molecule has 0 saturated heterocycles. The number of carbonyl (C=O) groups excluding carboxylic acids is 1. The number of anilines is 1. The van der Waals surface area contributed by atoms with Gasteiger partial charge in [-0.25, -0.2) is 0 Å². The first-order valence-corrected chi connectivity index (χ1v) is 14.0. The van der Waals surface area contributed by atoms with Crippen LogP contribution < -0.4 is 4.90 Å². The molecule has 4 aliphatic carbocycles. The highest BCUT2D eigenvalue weighted by Gasteiger charge is 2.52. The molecule has 2 heterocycles. The monoisotopic (exact) mass is 521 g/mol. The van der Waals surface area contributed by atoms with Gasteiger partial charge < -0.3 is 13.8 Å². The van der Waals surface area contributed by atoms with Crippen LogP contribution in [0.15, 0.2) is 45.3 Å². The van der Waals surface area contributed by atoms with Crippen LogP contribution in [0.1, 0.15) is 100 Å². The van der Waals surface area contributed by atoms with E-state index in [0.717, 1.165) is 68.4 Å². The minimum atomic E-state index is -0.277. The summed E-state index contributed by atoms with van der Waals surface area (Å²) in [6.07, 6.45) is 8.87. The first-order chi connectivity index (χ1) is 18.8. The summed E-state index contributed by atoms with van der Waals surface area (Å²) in [5.41, 5.74) is 2.13. The summed E-state index contributed by atoms with van der Waals surface area (Å²) >= 11 is 0. The molecule has 10 heteroatoms. The topological polar surface area (TPSA) is 98.2 Å². The number of nitrogens with zero attached hydrogens (tertiary/aromatic N) is 5. The third-order valence-electron chi connectivity index (χ3n) is 8.93. The van der Waals surface area contributed by atoms with Gasteiger partial charge in [0.15, 0.2) is 5.82 Å². The summed E-state index contributed by atoms with van der Waals surface area (Å²) in [5, 5.41) is 12.8. The van der Waals surface area contributed by atoms with Crippen LogP contribution in [-0.2, 0) is 10.2 Å². The van der Waals surface area contributed by atoms with Crippen LogP contribution >= 0.6 is 0 Å². The molecule has 4 aliphatic rings. The molecule has 0 N–H and O–H groups in total. The van der Waals surface area contributed by atoms with Crippen LogP contribution in [0, 0.1) is 5.41 Å². The van der Waals surface area contributed by atoms with Crippen LogP contribution in [0.25, 0.3) is 11.5 Å². The molecule has 0 spiro atoms. The second-order valence-electron chi connectivity index (χ2n) is 11.9. The molecule has 2 bridgehead atoms. The van der Waals surface area contributed by atoms with Crippen molar-refractivity contribution in [2.45, 2.75) is 88.3 Å². The standard InChI is InChI=1S/C29H33B2N5O3/c1-18(30)6-9-23(37)36(22-5-3-4-21(16-22)26-34-33-25(38-26)20-7-8-20)17-28-10-13-29(14-11-28,15-12-28)27-32-24(19(2)31)39-35-27/h3-5,16,19-20H,1,6-15,17H2,2H3. The lowest BCUT2D eigenvalue weighted by Crippen LogP contribution is -2.51. The third-order valence-corrected chi connectivity index (χ3v) is 8.93. The minimum absolute atomic E-state index is 0.0322. The molecule has 8 nitrogen and oxygen atoms in total. The largest absolute Gasteiger partial charge is 0.420 e. The van der Waals surface area contributed by atoms with E-state index in [4.69, 9.17) is 24.6 Å². The number of benzene rings is 1. The fourth-order valence-corrected chi connectivity index (χ4v) is 6.19. The molecule has 198 valence electrons. The molecular weight excluding hydrogens is 488 g/mol. The smallest absolute Gasteiger partial charge is 0.247 e. The van der Waals surface area contributed by atoms with Gasteiger partial charge in [0, 0.05) is 35.5 Å². The van der Waals surface area contributed by atoms with Crippen molar-refractivity contribution in [1.29, 1.82) is 0 Å². The molecule has 1 amide bonds. The Morgan fingerprint density at radius 1 is 1.15 bits per heavy atom. The number of aromatic nitrogens is 4. The highest BCUT2D eigenvalue weighted by molar-refractivity contribution is 6.21. The van der Waals surface area contributed by atoms with E-state index in [1.807, 2.05) is 36.1 Å². The summed E-state index contributed by atoms with van der Waals surface area (Å²) in [4.78, 5) is 20.2. The second-order valence-corrected chi connectivity index (χ2v) is 11.9. The van der Waals surface area contributed by atoms with E-state index >= 15 is 0 Å². The zero-order valence-corrected chi connectivity index (χ0v) is 22.6. The van der Waals surface area contributed by atoms with E-state index in [-0.39, 0.29) is 22.6 Å². The van der Waals surface area contributed by atoms with Crippen molar-refractivity contribution in [1.82, 2.24) is 20.3 Å². The van der Waals surface area contributed by atoms with Crippen molar-refractivity contribution in [3.05, 3.63) is 53.9 Å². The molecule has 4 radical (unpaired) electrons. The van der Waals surface area contributed by atoms with Crippen molar-refractivity contribution in [3.63, 3.8) is 0 Å². The van der Waals surface area contributed by atoms with Gasteiger partial charge in [-0.1, -0.05) is 18.1 Å². The second kappa shape index (κ2) is 10.1. The number of allylic oxidation sites excluding steroid dienone is 1. The predicted octanol–water partition coefficient (Wildman–Crippen LogP) is 5.31. The molecule has 3 aromatic rings. The number of rotatable bonds is 10. The Kier molecular flexibility index (Phi) is 6.76. The maximum absolute atomic E-state index is 13.6. The Morgan fingerprint density at radius 3 is 2.54 bits per heavy atom. The van der Waals surface area contributed by atoms with Gasteiger partial charge in [-0.2, -0.15) is 4.98 Å². The SMILES string of the molecule is [B]C(=C)CCC(=O)N(CC12CCC(c3noc(C([B])C)n3)(CC1)CC2)c1cccc(-c2nnc(C3CC3)o2)c1. The van der Waals surface area contributed by atoms with E-state index in [1.165, 1.54) is 0 Å². The van der Waals surface area contributed by atoms with E-state index in [2.05, 4.69) is 26.9 Å². The maximum atomic E-state index is 13.6. The van der Waals surface area contributed by atoms with Crippen molar-refractivity contribution in [2.75, 3.05) is 11.4 Å². The molecule has 1 unspecified atom stereocenters. The van der Waals surface area contributed by atoms with Gasteiger partial charge in [0.25, 0.3) is 0 Å². The van der Waals surface area contributed by atoms with E-state index in [1.54, 1.807) is 0 Å². The van der Waals surface area contributed by atoms with Gasteiger partial charge in [0.2, 0.25) is 23.6 Å². The summed E-state index contributed by atoms with van der Waals surface area (Å²) in [6.45, 7) is 6.29. The molecule has 4 fully saturated rings. The van der Waals surface area contributed by atoms with Gasteiger partial charge in [-0.15, -0.1) is 22.2 Å². The minimum Gasteiger partial charge on any atom is -0.420 e. The normalized spacial score (nSPS) is 24.9. The van der Waals surface area contributed by atoms with Crippen LogP contribution in [0.3, 0.4) is 0 Å². The highest BCUT2D eigenvalue weighted by Crippen LogP contribution is 2.57. The number of hydrogen-bond donors (Lipinski definition) is 0. The summed E-state index contributed by atoms with van der Waals surface area (Å²) in [5.74, 6) is 2.62. The number of carbonyl (C=O) groups is 1. The molecule has 1 atom stereocenters. The predicted molar refractivity (Wildman–Crippen MR) is 148 cm³/mol. The molecule has 2 aromatic heterocycles. The Bertz CT molecular complexity index is 1350. The fraction of sp³-hybridized carbons (Fsp3) is 0.552. The quantitative estimate of drug-likeness (QED) is 0.334. The number of fused-ring (bicyclic) bond motifs is 3. The maximum Gasteiger partial charge on any atom is 0.247 e. The van der Waals surface area contributed by atoms with Crippen LogP contribution in [-0.4, -0.2) is 48.5 Å². The third kappa shape index (κ3) is 5.22. The summed E-state index contributed by atoms with van der Waals surface area (Å²) < 4.78 is 11.4. The first kappa shape index (κ1) is 26.1. The molecule has 1 aromatic carbocycles. The van der Waals surface area contributed by atoms with Crippen LogP contribution in [0.2, 0.25) is 0 Å². The van der Waals surface area contributed by atoms with E-state index < -0.39 is 0 Å².